The molecule has 1 heterocycles. The van der Waals surface area contributed by atoms with Crippen LogP contribution in [-0.2, 0) is 11.3 Å². The Labute approximate surface area is 115 Å². The standard InChI is InChI=1S/C15H24N2O2/c1-13-11-17(8-7-16-13)12-14-5-3-4-6-15(14)19-10-9-18-2/h3-6,13,16H,7-12H2,1-2H3. The van der Waals surface area contributed by atoms with Crippen LogP contribution in [0.5, 0.6) is 5.75 Å². The lowest BCUT2D eigenvalue weighted by atomic mass is 10.1. The van der Waals surface area contributed by atoms with Gasteiger partial charge in [0.15, 0.2) is 0 Å². The van der Waals surface area contributed by atoms with Crippen molar-refractivity contribution in [3.63, 3.8) is 0 Å². The predicted molar refractivity (Wildman–Crippen MR) is 76.6 cm³/mol. The van der Waals surface area contributed by atoms with E-state index in [4.69, 9.17) is 9.47 Å². The summed E-state index contributed by atoms with van der Waals surface area (Å²) >= 11 is 0. The number of methoxy groups -OCH3 is 1. The Balaban J connectivity index is 1.94. The molecule has 0 bridgehead atoms. The fourth-order valence-corrected chi connectivity index (χ4v) is 2.41. The van der Waals surface area contributed by atoms with Crippen LogP contribution in [0.3, 0.4) is 0 Å². The Morgan fingerprint density at radius 3 is 2.95 bits per heavy atom. The van der Waals surface area contributed by atoms with Gasteiger partial charge < -0.3 is 14.8 Å². The smallest absolute Gasteiger partial charge is 0.123 e. The van der Waals surface area contributed by atoms with E-state index in [0.717, 1.165) is 31.9 Å². The number of piperazine rings is 1. The molecule has 1 aliphatic rings. The topological polar surface area (TPSA) is 33.7 Å². The van der Waals surface area contributed by atoms with Gasteiger partial charge in [-0.3, -0.25) is 4.90 Å². The third kappa shape index (κ3) is 4.49. The number of hydrogen-bond donors (Lipinski definition) is 1. The lowest BCUT2D eigenvalue weighted by Gasteiger charge is -2.32. The molecule has 1 N–H and O–H groups in total. The lowest BCUT2D eigenvalue weighted by molar-refractivity contribution is 0.144. The van der Waals surface area contributed by atoms with Crippen LogP contribution in [0.4, 0.5) is 0 Å². The van der Waals surface area contributed by atoms with Crippen LogP contribution < -0.4 is 10.1 Å². The molecule has 0 aliphatic carbocycles. The summed E-state index contributed by atoms with van der Waals surface area (Å²) in [6, 6.07) is 8.84. The van der Waals surface area contributed by atoms with Crippen LogP contribution >= 0.6 is 0 Å². The highest BCUT2D eigenvalue weighted by molar-refractivity contribution is 5.33. The zero-order chi connectivity index (χ0) is 13.5. The van der Waals surface area contributed by atoms with Crippen molar-refractivity contribution < 1.29 is 9.47 Å². The fraction of sp³-hybridized carbons (Fsp3) is 0.600. The summed E-state index contributed by atoms with van der Waals surface area (Å²) in [6.07, 6.45) is 0. The van der Waals surface area contributed by atoms with Gasteiger partial charge in [-0.25, -0.2) is 0 Å². The van der Waals surface area contributed by atoms with Crippen LogP contribution in [0, 0.1) is 0 Å². The molecule has 4 nitrogen and oxygen atoms in total. The monoisotopic (exact) mass is 264 g/mol. The molecule has 4 heteroatoms. The van der Waals surface area contributed by atoms with E-state index in [9.17, 15) is 0 Å². The molecular formula is C15H24N2O2. The van der Waals surface area contributed by atoms with Gasteiger partial charge in [0.1, 0.15) is 12.4 Å². The molecular weight excluding hydrogens is 240 g/mol. The number of benzene rings is 1. The van der Waals surface area contributed by atoms with E-state index in [1.807, 2.05) is 12.1 Å². The van der Waals surface area contributed by atoms with E-state index in [1.54, 1.807) is 7.11 Å². The summed E-state index contributed by atoms with van der Waals surface area (Å²) in [4.78, 5) is 2.47. The molecule has 1 saturated heterocycles. The third-order valence-electron chi connectivity index (χ3n) is 3.36. The number of rotatable bonds is 6. The molecule has 1 aromatic carbocycles. The third-order valence-corrected chi connectivity index (χ3v) is 3.36. The number of nitrogens with zero attached hydrogens (tertiary/aromatic N) is 1. The average molecular weight is 264 g/mol. The van der Waals surface area contributed by atoms with Crippen molar-refractivity contribution >= 4 is 0 Å². The molecule has 1 fully saturated rings. The number of ether oxygens (including phenoxy) is 2. The van der Waals surface area contributed by atoms with Crippen LogP contribution in [-0.4, -0.2) is 50.9 Å². The van der Waals surface area contributed by atoms with Crippen molar-refractivity contribution in [1.29, 1.82) is 0 Å². The summed E-state index contributed by atoms with van der Waals surface area (Å²) < 4.78 is 10.8. The fourth-order valence-electron chi connectivity index (χ4n) is 2.41. The van der Waals surface area contributed by atoms with Gasteiger partial charge in [-0.15, -0.1) is 0 Å². The van der Waals surface area contributed by atoms with Crippen molar-refractivity contribution in [2.75, 3.05) is 40.0 Å². The molecule has 2 rings (SSSR count). The van der Waals surface area contributed by atoms with Crippen molar-refractivity contribution in [3.8, 4) is 5.75 Å². The minimum atomic E-state index is 0.565. The number of hydrogen-bond acceptors (Lipinski definition) is 4. The summed E-state index contributed by atoms with van der Waals surface area (Å²) in [5, 5.41) is 3.46. The van der Waals surface area contributed by atoms with E-state index in [-0.39, 0.29) is 0 Å². The molecule has 1 unspecified atom stereocenters. The zero-order valence-electron chi connectivity index (χ0n) is 11.9. The van der Waals surface area contributed by atoms with Gasteiger partial charge in [-0.1, -0.05) is 18.2 Å². The molecule has 1 aromatic rings. The minimum absolute atomic E-state index is 0.565. The second-order valence-corrected chi connectivity index (χ2v) is 5.04. The molecule has 1 atom stereocenters. The molecule has 0 aromatic heterocycles. The molecule has 0 radical (unpaired) electrons. The Bertz CT molecular complexity index is 384. The summed E-state index contributed by atoms with van der Waals surface area (Å²) in [5.74, 6) is 0.978. The summed E-state index contributed by atoms with van der Waals surface area (Å²) in [7, 11) is 1.69. The van der Waals surface area contributed by atoms with Gasteiger partial charge in [0.25, 0.3) is 0 Å². The van der Waals surface area contributed by atoms with Gasteiger partial charge >= 0.3 is 0 Å². The summed E-state index contributed by atoms with van der Waals surface area (Å²) in [6.45, 7) is 7.66. The van der Waals surface area contributed by atoms with E-state index >= 15 is 0 Å². The first-order valence-corrected chi connectivity index (χ1v) is 6.95. The van der Waals surface area contributed by atoms with E-state index in [1.165, 1.54) is 5.56 Å². The quantitative estimate of drug-likeness (QED) is 0.790. The highest BCUT2D eigenvalue weighted by atomic mass is 16.5. The highest BCUT2D eigenvalue weighted by Gasteiger charge is 2.16. The second-order valence-electron chi connectivity index (χ2n) is 5.04. The van der Waals surface area contributed by atoms with Crippen molar-refractivity contribution in [1.82, 2.24) is 10.2 Å². The number of nitrogens with one attached hydrogen (secondary N) is 1. The van der Waals surface area contributed by atoms with Gasteiger partial charge in [-0.2, -0.15) is 0 Å². The van der Waals surface area contributed by atoms with Crippen LogP contribution in [0.1, 0.15) is 12.5 Å². The SMILES string of the molecule is COCCOc1ccccc1CN1CCNC(C)C1. The number of para-hydroxylation sites is 1. The second kappa shape index (κ2) is 7.48. The first-order chi connectivity index (χ1) is 9.29. The molecule has 0 spiro atoms. The first-order valence-electron chi connectivity index (χ1n) is 6.95. The van der Waals surface area contributed by atoms with Crippen LogP contribution in [0.25, 0.3) is 0 Å². The van der Waals surface area contributed by atoms with Crippen LogP contribution in [0.2, 0.25) is 0 Å². The molecule has 0 amide bonds. The van der Waals surface area contributed by atoms with E-state index in [2.05, 4.69) is 29.3 Å². The van der Waals surface area contributed by atoms with Crippen molar-refractivity contribution in [2.24, 2.45) is 0 Å². The molecule has 106 valence electrons. The Morgan fingerprint density at radius 1 is 1.32 bits per heavy atom. The highest BCUT2D eigenvalue weighted by Crippen LogP contribution is 2.20. The summed E-state index contributed by atoms with van der Waals surface area (Å²) in [5.41, 5.74) is 1.26. The lowest BCUT2D eigenvalue weighted by Crippen LogP contribution is -2.48. The first kappa shape index (κ1) is 14.3. The maximum atomic E-state index is 5.78. The Hall–Kier alpha value is -1.10. The molecule has 1 aliphatic heterocycles. The van der Waals surface area contributed by atoms with E-state index in [0.29, 0.717) is 19.3 Å². The molecule has 19 heavy (non-hydrogen) atoms. The molecule has 0 saturated carbocycles. The van der Waals surface area contributed by atoms with Crippen LogP contribution in [0.15, 0.2) is 24.3 Å². The minimum Gasteiger partial charge on any atom is -0.491 e. The largest absolute Gasteiger partial charge is 0.491 e. The van der Waals surface area contributed by atoms with Gasteiger partial charge in [-0.05, 0) is 13.0 Å². The van der Waals surface area contributed by atoms with E-state index < -0.39 is 0 Å². The predicted octanol–water partition coefficient (Wildman–Crippen LogP) is 1.51. The normalized spacial score (nSPS) is 20.4. The maximum absolute atomic E-state index is 5.78. The Morgan fingerprint density at radius 2 is 2.16 bits per heavy atom. The maximum Gasteiger partial charge on any atom is 0.123 e. The van der Waals surface area contributed by atoms with Crippen molar-refractivity contribution in [2.45, 2.75) is 19.5 Å². The van der Waals surface area contributed by atoms with Gasteiger partial charge in [0.05, 0.1) is 6.61 Å². The Kier molecular flexibility index (Phi) is 5.63. The van der Waals surface area contributed by atoms with Gasteiger partial charge in [0.2, 0.25) is 0 Å². The van der Waals surface area contributed by atoms with Gasteiger partial charge in [0, 0.05) is 44.9 Å². The average Bonchev–Trinajstić information content (AvgIpc) is 2.41. The van der Waals surface area contributed by atoms with Crippen molar-refractivity contribution in [3.05, 3.63) is 29.8 Å². The zero-order valence-corrected chi connectivity index (χ0v) is 11.9.